The lowest BCUT2D eigenvalue weighted by Crippen LogP contribution is -2.54. The normalized spacial score (nSPS) is 20.1. The van der Waals surface area contributed by atoms with Crippen molar-refractivity contribution in [2.45, 2.75) is 89.1 Å². The number of rotatable bonds is 13. The quantitative estimate of drug-likeness (QED) is 0.203. The zero-order chi connectivity index (χ0) is 31.3. The molecular formula is C27H47N7O5S3. The first-order valence-corrected chi connectivity index (χ1v) is 17.6. The minimum atomic E-state index is -3.96. The van der Waals surface area contributed by atoms with Gasteiger partial charge in [0.25, 0.3) is 21.2 Å². The molecule has 0 saturated heterocycles. The minimum absolute atomic E-state index is 0.141. The van der Waals surface area contributed by atoms with Crippen molar-refractivity contribution in [2.75, 3.05) is 39.0 Å². The van der Waals surface area contributed by atoms with E-state index in [1.807, 2.05) is 25.3 Å². The number of hydrogen-bond donors (Lipinski definition) is 5. The molecule has 2 aliphatic rings. The number of nitrogens with zero attached hydrogens (tertiary/aromatic N) is 3. The van der Waals surface area contributed by atoms with E-state index < -0.39 is 32.5 Å². The lowest BCUT2D eigenvalue weighted by Gasteiger charge is -2.42. The largest absolute Gasteiger partial charge is 0.504 e. The van der Waals surface area contributed by atoms with Crippen LogP contribution in [-0.4, -0.2) is 85.7 Å². The van der Waals surface area contributed by atoms with Crippen molar-refractivity contribution in [2.24, 2.45) is 14.2 Å². The van der Waals surface area contributed by atoms with Gasteiger partial charge in [-0.1, -0.05) is 20.8 Å². The summed E-state index contributed by atoms with van der Waals surface area (Å²) >= 11 is -0.988. The predicted octanol–water partition coefficient (Wildman–Crippen LogP) is 3.33. The van der Waals surface area contributed by atoms with Crippen LogP contribution >= 0.6 is 11.3 Å². The van der Waals surface area contributed by atoms with Crippen LogP contribution in [0.15, 0.2) is 30.2 Å². The molecule has 0 spiro atoms. The summed E-state index contributed by atoms with van der Waals surface area (Å²) in [6.07, 6.45) is 5.65. The molecule has 3 heterocycles. The highest BCUT2D eigenvalue weighted by Crippen LogP contribution is 2.39. The maximum Gasteiger partial charge on any atom is 0.269 e. The van der Waals surface area contributed by atoms with Gasteiger partial charge in [0, 0.05) is 37.5 Å². The Morgan fingerprint density at radius 3 is 2.52 bits per heavy atom. The van der Waals surface area contributed by atoms with Crippen LogP contribution in [0.2, 0.25) is 0 Å². The third-order valence-electron chi connectivity index (χ3n) is 6.73. The monoisotopic (exact) mass is 645 g/mol. The fraction of sp³-hybridized carbons (Fsp3) is 0.704. The summed E-state index contributed by atoms with van der Waals surface area (Å²) in [6.45, 7) is 14.4. The van der Waals surface area contributed by atoms with Gasteiger partial charge in [0.05, 0.1) is 18.0 Å². The highest BCUT2D eigenvalue weighted by molar-refractivity contribution is 7.91. The lowest BCUT2D eigenvalue weighted by atomic mass is 9.80. The number of ether oxygens (including phenoxy) is 1. The summed E-state index contributed by atoms with van der Waals surface area (Å²) in [5.41, 5.74) is 0.437. The summed E-state index contributed by atoms with van der Waals surface area (Å²) in [7, 11) is -0.146. The number of likely N-dealkylation sites (N-methyl/N-ethyl adjacent to an activating group) is 2. The molecule has 2 unspecified atom stereocenters. The van der Waals surface area contributed by atoms with Gasteiger partial charge in [0.15, 0.2) is 21.6 Å². The zero-order valence-corrected chi connectivity index (χ0v) is 28.4. The smallest absolute Gasteiger partial charge is 0.269 e. The minimum Gasteiger partial charge on any atom is -0.504 e. The molecule has 0 aliphatic carbocycles. The second-order valence-electron chi connectivity index (χ2n) is 12.7. The number of amidine groups is 2. The Hall–Kier alpha value is -2.04. The van der Waals surface area contributed by atoms with E-state index in [1.165, 1.54) is 11.0 Å². The van der Waals surface area contributed by atoms with E-state index in [4.69, 9.17) is 4.74 Å². The Morgan fingerprint density at radius 1 is 1.17 bits per heavy atom. The first-order valence-electron chi connectivity index (χ1n) is 14.2. The van der Waals surface area contributed by atoms with Crippen molar-refractivity contribution in [3.8, 4) is 5.75 Å². The summed E-state index contributed by atoms with van der Waals surface area (Å²) < 4.78 is 55.1. The highest BCUT2D eigenvalue weighted by Gasteiger charge is 2.42. The molecule has 3 atom stereocenters. The molecule has 2 aliphatic heterocycles. The molecule has 0 amide bonds. The molecule has 238 valence electrons. The van der Waals surface area contributed by atoms with Gasteiger partial charge in [0.2, 0.25) is 0 Å². The van der Waals surface area contributed by atoms with Crippen molar-refractivity contribution in [3.63, 3.8) is 0 Å². The topological polar surface area (TPSA) is 157 Å². The van der Waals surface area contributed by atoms with Crippen LogP contribution in [0, 0.1) is 5.41 Å². The zero-order valence-electron chi connectivity index (χ0n) is 25.9. The first kappa shape index (κ1) is 34.5. The van der Waals surface area contributed by atoms with Gasteiger partial charge in [0.1, 0.15) is 6.10 Å². The maximum absolute atomic E-state index is 12.8. The number of nitrogens with one attached hydrogen (secondary N) is 4. The van der Waals surface area contributed by atoms with E-state index in [1.54, 1.807) is 20.8 Å². The van der Waals surface area contributed by atoms with Crippen LogP contribution < -0.4 is 20.7 Å². The Labute approximate surface area is 257 Å². The summed E-state index contributed by atoms with van der Waals surface area (Å²) in [5, 5.41) is 21.8. The van der Waals surface area contributed by atoms with Gasteiger partial charge < -0.3 is 30.7 Å². The van der Waals surface area contributed by atoms with Crippen molar-refractivity contribution >= 4 is 49.9 Å². The molecule has 1 aromatic rings. The van der Waals surface area contributed by atoms with Crippen LogP contribution in [0.3, 0.4) is 0 Å². The molecule has 0 bridgehead atoms. The predicted molar refractivity (Wildman–Crippen MR) is 172 cm³/mol. The average molecular weight is 646 g/mol. The molecule has 42 heavy (non-hydrogen) atoms. The molecule has 1 aromatic heterocycles. The van der Waals surface area contributed by atoms with Crippen molar-refractivity contribution < 1.29 is 22.5 Å². The number of aromatic hydroxyl groups is 1. The van der Waals surface area contributed by atoms with Gasteiger partial charge in [-0.3, -0.25) is 0 Å². The van der Waals surface area contributed by atoms with Gasteiger partial charge in [-0.15, -0.1) is 20.1 Å². The van der Waals surface area contributed by atoms with Crippen LogP contribution in [0.5, 0.6) is 5.75 Å². The fourth-order valence-electron chi connectivity index (χ4n) is 5.10. The Bertz CT molecular complexity index is 1310. The fourth-order valence-corrected chi connectivity index (χ4v) is 8.45. The van der Waals surface area contributed by atoms with E-state index in [2.05, 4.69) is 50.2 Å². The van der Waals surface area contributed by atoms with Crippen LogP contribution in [0.1, 0.15) is 67.2 Å². The molecule has 15 heteroatoms. The average Bonchev–Trinajstić information content (AvgIpc) is 3.56. The highest BCUT2D eigenvalue weighted by atomic mass is 32.2. The molecule has 0 radical (unpaired) electrons. The molecule has 12 nitrogen and oxygen atoms in total. The van der Waals surface area contributed by atoms with Crippen molar-refractivity contribution in [1.29, 1.82) is 0 Å². The summed E-state index contributed by atoms with van der Waals surface area (Å²) in [6, 6.07) is -0.154. The first-order chi connectivity index (χ1) is 19.5. The second-order valence-corrected chi connectivity index (χ2v) is 16.3. The molecule has 0 fully saturated rings. The number of hydrogen-bond acceptors (Lipinski definition) is 10. The summed E-state index contributed by atoms with van der Waals surface area (Å²) in [5.74, 6) is 0.0975. The third-order valence-corrected chi connectivity index (χ3v) is 10.7. The van der Waals surface area contributed by atoms with Gasteiger partial charge >= 0.3 is 0 Å². The Kier molecular flexibility index (Phi) is 11.6. The van der Waals surface area contributed by atoms with Crippen molar-refractivity contribution in [3.05, 3.63) is 17.2 Å². The molecule has 3 rings (SSSR count). The molecular weight excluding hydrogens is 599 g/mol. The van der Waals surface area contributed by atoms with Gasteiger partial charge in [-0.25, -0.2) is 17.3 Å². The second kappa shape index (κ2) is 14.2. The molecule has 0 saturated carbocycles. The molecule has 5 N–H and O–H groups in total. The van der Waals surface area contributed by atoms with E-state index in [-0.39, 0.29) is 33.3 Å². The van der Waals surface area contributed by atoms with Crippen LogP contribution in [-0.2, 0) is 25.9 Å². The van der Waals surface area contributed by atoms with E-state index >= 15 is 0 Å². The SMILES string of the molecule is CNCCNCCCCC1=COC([C@H](N(C)C2=NS(=O)N=C2Nc2csc(S(=O)(=O)NC(C)(C)C)c2O)C(C)(C)C)C1. The standard InChI is InChI=1S/C27H47N7O5S3/c1-26(2,3)22(20-15-18(16-39-20)11-9-10-12-29-14-13-28-7)34(8)24-23(31-41(36)32-24)30-19-17-40-25(21(19)35)42(37,38)33-27(4,5)6/h16-17,20,22,28-29,33,35H,9-15H2,1-8H3,(H,30,31)/t20?,22-,41?/m0/s1. The number of anilines is 1. The molecule has 0 aromatic carbocycles. The Balaban J connectivity index is 1.70. The number of unbranched alkanes of at least 4 members (excludes halogenated alkanes) is 1. The van der Waals surface area contributed by atoms with Crippen LogP contribution in [0.4, 0.5) is 5.69 Å². The van der Waals surface area contributed by atoms with Gasteiger partial charge in [-0.2, -0.15) is 0 Å². The third kappa shape index (κ3) is 9.23. The van der Waals surface area contributed by atoms with E-state index in [9.17, 15) is 17.7 Å². The van der Waals surface area contributed by atoms with Gasteiger partial charge in [-0.05, 0) is 64.6 Å². The van der Waals surface area contributed by atoms with Crippen LogP contribution in [0.25, 0.3) is 0 Å². The maximum atomic E-state index is 12.8. The van der Waals surface area contributed by atoms with Crippen molar-refractivity contribution in [1.82, 2.24) is 20.3 Å². The Morgan fingerprint density at radius 2 is 1.88 bits per heavy atom. The summed E-state index contributed by atoms with van der Waals surface area (Å²) in [4.78, 5) is 1.92. The number of sulfonamides is 1. The lowest BCUT2D eigenvalue weighted by molar-refractivity contribution is 0.0359. The van der Waals surface area contributed by atoms with E-state index in [0.717, 1.165) is 56.7 Å². The van der Waals surface area contributed by atoms with E-state index in [0.29, 0.717) is 5.84 Å². The number of thiophene rings is 1.